The molecule has 0 aliphatic rings. The summed E-state index contributed by atoms with van der Waals surface area (Å²) in [6.45, 7) is 8.15. The lowest BCUT2D eigenvalue weighted by molar-refractivity contribution is -0.124. The first kappa shape index (κ1) is 20.8. The van der Waals surface area contributed by atoms with E-state index < -0.39 is 18.2 Å². The van der Waals surface area contributed by atoms with Gasteiger partial charge in [0, 0.05) is 18.8 Å². The number of amides is 1. The van der Waals surface area contributed by atoms with Crippen LogP contribution in [0.5, 0.6) is 0 Å². The van der Waals surface area contributed by atoms with Crippen molar-refractivity contribution >= 4 is 33.4 Å². The van der Waals surface area contributed by atoms with E-state index in [2.05, 4.69) is 31.4 Å². The van der Waals surface area contributed by atoms with Crippen molar-refractivity contribution < 1.29 is 13.6 Å². The number of nitrogens with zero attached hydrogens (tertiary/aromatic N) is 4. The number of alkyl halides is 2. The Bertz CT molecular complexity index is 805. The van der Waals surface area contributed by atoms with Gasteiger partial charge in [-0.2, -0.15) is 10.2 Å². The van der Waals surface area contributed by atoms with Crippen molar-refractivity contribution in [3.8, 4) is 0 Å². The Balaban J connectivity index is 1.91. The van der Waals surface area contributed by atoms with Crippen LogP contribution in [-0.4, -0.2) is 32.0 Å². The molecule has 6 nitrogen and oxygen atoms in total. The minimum absolute atomic E-state index is 0.102. The zero-order valence-corrected chi connectivity index (χ0v) is 17.3. The monoisotopic (exact) mass is 451 g/mol. The summed E-state index contributed by atoms with van der Waals surface area (Å²) < 4.78 is 29.9. The summed E-state index contributed by atoms with van der Waals surface area (Å²) in [4.78, 5) is 12.3. The van der Waals surface area contributed by atoms with E-state index in [0.29, 0.717) is 25.2 Å². The molecule has 2 rings (SSSR count). The van der Waals surface area contributed by atoms with Crippen LogP contribution in [0.15, 0.2) is 4.47 Å². The second-order valence-corrected chi connectivity index (χ2v) is 7.23. The average molecular weight is 453 g/mol. The molecule has 0 fully saturated rings. The van der Waals surface area contributed by atoms with Crippen LogP contribution in [-0.2, 0) is 11.3 Å². The summed E-state index contributed by atoms with van der Waals surface area (Å²) in [6.07, 6.45) is -2.09. The van der Waals surface area contributed by atoms with Gasteiger partial charge in [-0.15, -0.1) is 0 Å². The highest BCUT2D eigenvalue weighted by Gasteiger charge is 2.25. The van der Waals surface area contributed by atoms with Crippen molar-refractivity contribution in [2.75, 3.05) is 6.54 Å². The van der Waals surface area contributed by atoms with Crippen molar-refractivity contribution in [2.24, 2.45) is 0 Å². The fourth-order valence-electron chi connectivity index (χ4n) is 2.63. The summed E-state index contributed by atoms with van der Waals surface area (Å²) in [7, 11) is 0. The second-order valence-electron chi connectivity index (χ2n) is 6.06. The largest absolute Gasteiger partial charge is 0.354 e. The van der Waals surface area contributed by atoms with E-state index in [0.717, 1.165) is 15.9 Å². The van der Waals surface area contributed by atoms with Gasteiger partial charge >= 0.3 is 0 Å². The molecular formula is C16H21BrClF2N5O. The SMILES string of the molecule is Cc1nn(CCCNC(=O)C(C)n2nc(C(F)F)c(Cl)c2C)c(C)c1Br. The van der Waals surface area contributed by atoms with E-state index in [1.54, 1.807) is 13.8 Å². The van der Waals surface area contributed by atoms with Crippen LogP contribution in [0.4, 0.5) is 8.78 Å². The standard InChI is InChI=1S/C16H21BrClF2N5O/c1-8-12(17)9(2)24(22-8)7-5-6-21-16(26)11(4)25-10(3)13(18)14(23-25)15(19)20/h11,15H,5-7H2,1-4H3,(H,21,26). The second kappa shape index (κ2) is 8.47. The van der Waals surface area contributed by atoms with Gasteiger partial charge in [-0.05, 0) is 50.0 Å². The summed E-state index contributed by atoms with van der Waals surface area (Å²) in [5, 5.41) is 10.9. The van der Waals surface area contributed by atoms with Gasteiger partial charge < -0.3 is 5.32 Å². The van der Waals surface area contributed by atoms with Gasteiger partial charge in [0.05, 0.1) is 20.9 Å². The zero-order valence-electron chi connectivity index (χ0n) is 15.0. The highest BCUT2D eigenvalue weighted by atomic mass is 79.9. The third-order valence-corrected chi connectivity index (χ3v) is 5.81. The molecule has 2 aromatic rings. The molecular weight excluding hydrogens is 432 g/mol. The normalized spacial score (nSPS) is 12.7. The number of hydrogen-bond acceptors (Lipinski definition) is 3. The van der Waals surface area contributed by atoms with E-state index in [1.807, 2.05) is 18.5 Å². The molecule has 2 aromatic heterocycles. The van der Waals surface area contributed by atoms with Crippen molar-refractivity contribution in [3.63, 3.8) is 0 Å². The molecule has 0 saturated carbocycles. The first-order valence-electron chi connectivity index (χ1n) is 8.15. The van der Waals surface area contributed by atoms with E-state index >= 15 is 0 Å². The predicted molar refractivity (Wildman–Crippen MR) is 98.7 cm³/mol. The van der Waals surface area contributed by atoms with Crippen LogP contribution in [0.3, 0.4) is 0 Å². The van der Waals surface area contributed by atoms with Gasteiger partial charge in [0.1, 0.15) is 11.7 Å². The van der Waals surface area contributed by atoms with Crippen LogP contribution in [0.1, 0.15) is 48.6 Å². The lowest BCUT2D eigenvalue weighted by Crippen LogP contribution is -2.33. The molecule has 10 heteroatoms. The number of carbonyl (C=O) groups excluding carboxylic acids is 1. The topological polar surface area (TPSA) is 64.7 Å². The van der Waals surface area contributed by atoms with Gasteiger partial charge in [0.2, 0.25) is 5.91 Å². The molecule has 0 spiro atoms. The zero-order chi connectivity index (χ0) is 19.6. The molecule has 26 heavy (non-hydrogen) atoms. The number of nitrogens with one attached hydrogen (secondary N) is 1. The first-order chi connectivity index (χ1) is 12.1. The molecule has 0 aromatic carbocycles. The summed E-state index contributed by atoms with van der Waals surface area (Å²) in [6, 6.07) is -0.733. The molecule has 1 N–H and O–H groups in total. The van der Waals surface area contributed by atoms with Crippen LogP contribution >= 0.6 is 27.5 Å². The Morgan fingerprint density at radius 2 is 1.92 bits per heavy atom. The maximum absolute atomic E-state index is 12.9. The maximum atomic E-state index is 12.9. The number of rotatable bonds is 7. The molecule has 1 unspecified atom stereocenters. The number of hydrogen-bond donors (Lipinski definition) is 1. The molecule has 0 bridgehead atoms. The van der Waals surface area contributed by atoms with Crippen LogP contribution in [0.2, 0.25) is 5.02 Å². The van der Waals surface area contributed by atoms with Gasteiger partial charge in [-0.25, -0.2) is 8.78 Å². The molecule has 0 aliphatic carbocycles. The van der Waals surface area contributed by atoms with Crippen LogP contribution < -0.4 is 5.32 Å². The van der Waals surface area contributed by atoms with E-state index in [-0.39, 0.29) is 10.9 Å². The molecule has 1 amide bonds. The van der Waals surface area contributed by atoms with E-state index in [4.69, 9.17) is 11.6 Å². The van der Waals surface area contributed by atoms with Crippen molar-refractivity contribution in [2.45, 2.75) is 53.1 Å². The Kier molecular flexibility index (Phi) is 6.79. The quantitative estimate of drug-likeness (QED) is 0.643. The highest BCUT2D eigenvalue weighted by Crippen LogP contribution is 2.30. The number of carbonyl (C=O) groups is 1. The molecule has 2 heterocycles. The van der Waals surface area contributed by atoms with Crippen LogP contribution in [0.25, 0.3) is 0 Å². The number of aromatic nitrogens is 4. The minimum atomic E-state index is -2.78. The molecule has 0 radical (unpaired) electrons. The van der Waals surface area contributed by atoms with Gasteiger partial charge in [0.15, 0.2) is 0 Å². The lowest BCUT2D eigenvalue weighted by atomic mass is 10.3. The third kappa shape index (κ3) is 4.25. The summed E-state index contributed by atoms with van der Waals surface area (Å²) in [5.74, 6) is -0.303. The maximum Gasteiger partial charge on any atom is 0.283 e. The van der Waals surface area contributed by atoms with Crippen molar-refractivity contribution in [3.05, 3.63) is 32.3 Å². The van der Waals surface area contributed by atoms with Gasteiger partial charge in [-0.1, -0.05) is 11.6 Å². The minimum Gasteiger partial charge on any atom is -0.354 e. The Labute approximate surface area is 164 Å². The van der Waals surface area contributed by atoms with E-state index in [1.165, 1.54) is 4.68 Å². The molecule has 0 aliphatic heterocycles. The van der Waals surface area contributed by atoms with Gasteiger partial charge in [-0.3, -0.25) is 14.2 Å². The smallest absolute Gasteiger partial charge is 0.283 e. The van der Waals surface area contributed by atoms with Gasteiger partial charge in [0.25, 0.3) is 6.43 Å². The lowest BCUT2D eigenvalue weighted by Gasteiger charge is -2.14. The van der Waals surface area contributed by atoms with Crippen molar-refractivity contribution in [1.82, 2.24) is 24.9 Å². The number of aryl methyl sites for hydroxylation is 2. The Morgan fingerprint density at radius 1 is 1.27 bits per heavy atom. The molecule has 0 saturated heterocycles. The fourth-order valence-corrected chi connectivity index (χ4v) is 3.12. The van der Waals surface area contributed by atoms with E-state index in [9.17, 15) is 13.6 Å². The fraction of sp³-hybridized carbons (Fsp3) is 0.562. The Morgan fingerprint density at radius 3 is 2.42 bits per heavy atom. The summed E-state index contributed by atoms with van der Waals surface area (Å²) in [5.41, 5.74) is 1.79. The number of halogens is 4. The van der Waals surface area contributed by atoms with Crippen LogP contribution in [0, 0.1) is 20.8 Å². The van der Waals surface area contributed by atoms with Crippen molar-refractivity contribution in [1.29, 1.82) is 0 Å². The third-order valence-electron chi connectivity index (χ3n) is 4.19. The predicted octanol–water partition coefficient (Wildman–Crippen LogP) is 4.13. The summed E-state index contributed by atoms with van der Waals surface area (Å²) >= 11 is 9.35. The Hall–Kier alpha value is -1.48. The highest BCUT2D eigenvalue weighted by molar-refractivity contribution is 9.10. The first-order valence-corrected chi connectivity index (χ1v) is 9.32. The molecule has 144 valence electrons. The molecule has 1 atom stereocenters. The average Bonchev–Trinajstić information content (AvgIpc) is 3.02.